The summed E-state index contributed by atoms with van der Waals surface area (Å²) in [7, 11) is 1.47. The number of hydrogen-bond acceptors (Lipinski definition) is 5. The first-order chi connectivity index (χ1) is 18.8. The van der Waals surface area contributed by atoms with Crippen molar-refractivity contribution < 1.29 is 19.4 Å². The molecule has 0 unspecified atom stereocenters. The third-order valence-electron chi connectivity index (χ3n) is 6.95. The maximum absolute atomic E-state index is 13.5. The second-order valence-corrected chi connectivity index (χ2v) is 10.1. The summed E-state index contributed by atoms with van der Waals surface area (Å²) < 4.78 is 5.17. The lowest BCUT2D eigenvalue weighted by atomic mass is 10.0. The minimum absolute atomic E-state index is 0.0244. The average Bonchev–Trinajstić information content (AvgIpc) is 2.94. The molecule has 1 fully saturated rings. The van der Waals surface area contributed by atoms with E-state index in [1.54, 1.807) is 29.2 Å². The van der Waals surface area contributed by atoms with Crippen LogP contribution in [0.4, 0.5) is 5.69 Å². The Hall–Kier alpha value is -3.81. The normalized spacial score (nSPS) is 14.3. The topological polar surface area (TPSA) is 82.1 Å². The van der Waals surface area contributed by atoms with Gasteiger partial charge in [0.15, 0.2) is 11.5 Å². The number of aromatic hydroxyl groups is 1. The molecule has 0 bridgehead atoms. The van der Waals surface area contributed by atoms with Gasteiger partial charge in [0.25, 0.3) is 0 Å². The molecule has 204 valence electrons. The van der Waals surface area contributed by atoms with Gasteiger partial charge in [-0.3, -0.25) is 14.5 Å². The zero-order chi connectivity index (χ0) is 27.8. The van der Waals surface area contributed by atoms with Crippen LogP contribution in [0.25, 0.3) is 6.08 Å². The van der Waals surface area contributed by atoms with Gasteiger partial charge in [0, 0.05) is 31.8 Å². The van der Waals surface area contributed by atoms with Crippen LogP contribution in [0.3, 0.4) is 0 Å². The van der Waals surface area contributed by atoms with Crippen LogP contribution in [0.1, 0.15) is 29.5 Å². The first-order valence-electron chi connectivity index (χ1n) is 13.0. The highest BCUT2D eigenvalue weighted by atomic mass is 35.5. The first-order valence-corrected chi connectivity index (χ1v) is 13.4. The van der Waals surface area contributed by atoms with Gasteiger partial charge in [-0.05, 0) is 60.7 Å². The van der Waals surface area contributed by atoms with E-state index < -0.39 is 0 Å². The Labute approximate surface area is 234 Å². The number of rotatable bonds is 9. The van der Waals surface area contributed by atoms with Crippen molar-refractivity contribution in [3.8, 4) is 11.5 Å². The minimum atomic E-state index is -0.300. The summed E-state index contributed by atoms with van der Waals surface area (Å²) >= 11 is 6.32. The number of nitrogens with zero attached hydrogens (tertiary/aromatic N) is 2. The molecular weight excluding hydrogens is 514 g/mol. The molecule has 3 aromatic carbocycles. The van der Waals surface area contributed by atoms with Crippen LogP contribution in [-0.4, -0.2) is 59.5 Å². The van der Waals surface area contributed by atoms with Crippen LogP contribution in [-0.2, 0) is 16.1 Å². The van der Waals surface area contributed by atoms with Crippen molar-refractivity contribution in [2.24, 2.45) is 0 Å². The minimum Gasteiger partial charge on any atom is -0.504 e. The van der Waals surface area contributed by atoms with Gasteiger partial charge in [-0.15, -0.1) is 0 Å². The molecule has 8 heteroatoms. The molecule has 2 amide bonds. The van der Waals surface area contributed by atoms with Gasteiger partial charge in [0.05, 0.1) is 17.8 Å². The SMILES string of the molecule is COc1cc(/C=C/C(=O)N(CC(=O)Nc2c(C)cccc2Cl)C2CCN(Cc3ccccc3)CC2)ccc1O. The summed E-state index contributed by atoms with van der Waals surface area (Å²) in [6.45, 7) is 4.30. The van der Waals surface area contributed by atoms with Gasteiger partial charge in [-0.1, -0.05) is 60.1 Å². The first kappa shape index (κ1) is 28.2. The number of carbonyl (C=O) groups excluding carboxylic acids is 2. The number of nitrogens with one attached hydrogen (secondary N) is 1. The van der Waals surface area contributed by atoms with Crippen LogP contribution >= 0.6 is 11.6 Å². The van der Waals surface area contributed by atoms with Crippen molar-refractivity contribution in [2.45, 2.75) is 32.4 Å². The lowest BCUT2D eigenvalue weighted by molar-refractivity contribution is -0.133. The molecule has 4 rings (SSSR count). The lowest BCUT2D eigenvalue weighted by Gasteiger charge is -2.38. The molecule has 1 heterocycles. The molecule has 1 aliphatic rings. The number of methoxy groups -OCH3 is 1. The number of amides is 2. The summed E-state index contributed by atoms with van der Waals surface area (Å²) in [5, 5.41) is 13.2. The fourth-order valence-electron chi connectivity index (χ4n) is 4.80. The molecule has 39 heavy (non-hydrogen) atoms. The highest BCUT2D eigenvalue weighted by Gasteiger charge is 2.29. The highest BCUT2D eigenvalue weighted by molar-refractivity contribution is 6.34. The Morgan fingerprint density at radius 1 is 1.10 bits per heavy atom. The molecule has 3 aromatic rings. The smallest absolute Gasteiger partial charge is 0.247 e. The predicted octanol–water partition coefficient (Wildman–Crippen LogP) is 5.51. The molecule has 0 aliphatic carbocycles. The number of carbonyl (C=O) groups is 2. The Balaban J connectivity index is 1.48. The van der Waals surface area contributed by atoms with Gasteiger partial charge >= 0.3 is 0 Å². The summed E-state index contributed by atoms with van der Waals surface area (Å²) in [5.74, 6) is -0.210. The quantitative estimate of drug-likeness (QED) is 0.345. The number of anilines is 1. The predicted molar refractivity (Wildman–Crippen MR) is 155 cm³/mol. The molecule has 1 aliphatic heterocycles. The van der Waals surface area contributed by atoms with E-state index in [-0.39, 0.29) is 30.2 Å². The molecular formula is C31H34ClN3O4. The van der Waals surface area contributed by atoms with Gasteiger partial charge in [0.2, 0.25) is 11.8 Å². The fourth-order valence-corrected chi connectivity index (χ4v) is 5.07. The van der Waals surface area contributed by atoms with Gasteiger partial charge in [-0.25, -0.2) is 0 Å². The Kier molecular flexibility index (Phi) is 9.63. The Morgan fingerprint density at radius 3 is 2.54 bits per heavy atom. The fraction of sp³-hybridized carbons (Fsp3) is 0.290. The third kappa shape index (κ3) is 7.62. The Bertz CT molecular complexity index is 1300. The number of para-hydroxylation sites is 1. The zero-order valence-corrected chi connectivity index (χ0v) is 23.0. The second kappa shape index (κ2) is 13.3. The van der Waals surface area contributed by atoms with Gasteiger partial charge < -0.3 is 20.1 Å². The molecule has 0 aromatic heterocycles. The van der Waals surface area contributed by atoms with Crippen molar-refractivity contribution >= 4 is 35.2 Å². The van der Waals surface area contributed by atoms with Crippen LogP contribution in [0.5, 0.6) is 11.5 Å². The van der Waals surface area contributed by atoms with Crippen LogP contribution < -0.4 is 10.1 Å². The molecule has 0 atom stereocenters. The number of piperidine rings is 1. The van der Waals surface area contributed by atoms with Crippen molar-refractivity contribution in [1.82, 2.24) is 9.80 Å². The van der Waals surface area contributed by atoms with E-state index in [2.05, 4.69) is 22.3 Å². The van der Waals surface area contributed by atoms with E-state index in [0.29, 0.717) is 22.0 Å². The molecule has 7 nitrogen and oxygen atoms in total. The van der Waals surface area contributed by atoms with E-state index in [1.165, 1.54) is 24.8 Å². The van der Waals surface area contributed by atoms with E-state index in [0.717, 1.165) is 38.0 Å². The number of likely N-dealkylation sites (tertiary alicyclic amines) is 1. The van der Waals surface area contributed by atoms with E-state index in [4.69, 9.17) is 16.3 Å². The van der Waals surface area contributed by atoms with Gasteiger partial charge in [-0.2, -0.15) is 0 Å². The van der Waals surface area contributed by atoms with Crippen molar-refractivity contribution in [3.63, 3.8) is 0 Å². The third-order valence-corrected chi connectivity index (χ3v) is 7.27. The highest BCUT2D eigenvalue weighted by Crippen LogP contribution is 2.28. The monoisotopic (exact) mass is 547 g/mol. The van der Waals surface area contributed by atoms with Crippen molar-refractivity contribution in [2.75, 3.05) is 32.1 Å². The second-order valence-electron chi connectivity index (χ2n) is 9.70. The van der Waals surface area contributed by atoms with Crippen molar-refractivity contribution in [1.29, 1.82) is 0 Å². The standard InChI is InChI=1S/C31H34ClN3O4/c1-22-7-6-10-26(32)31(22)33-29(37)21-35(30(38)14-12-23-11-13-27(36)28(19-23)39-2)25-15-17-34(18-16-25)20-24-8-4-3-5-9-24/h3-14,19,25,36H,15-18,20-21H2,1-2H3,(H,33,37)/b14-12+. The molecule has 0 radical (unpaired) electrons. The molecule has 0 saturated carbocycles. The number of aryl methyl sites for hydroxylation is 1. The number of benzene rings is 3. The van der Waals surface area contributed by atoms with Crippen molar-refractivity contribution in [3.05, 3.63) is 94.5 Å². The lowest BCUT2D eigenvalue weighted by Crippen LogP contribution is -2.49. The number of phenols is 1. The van der Waals surface area contributed by atoms with Gasteiger partial charge in [0.1, 0.15) is 6.54 Å². The van der Waals surface area contributed by atoms with E-state index >= 15 is 0 Å². The maximum atomic E-state index is 13.5. The maximum Gasteiger partial charge on any atom is 0.247 e. The molecule has 0 spiro atoms. The summed E-state index contributed by atoms with van der Waals surface area (Å²) in [4.78, 5) is 30.6. The summed E-state index contributed by atoms with van der Waals surface area (Å²) in [6.07, 6.45) is 4.66. The molecule has 1 saturated heterocycles. The average molecular weight is 548 g/mol. The number of hydrogen-bond donors (Lipinski definition) is 2. The number of ether oxygens (including phenoxy) is 1. The number of halogens is 1. The van der Waals surface area contributed by atoms with E-state index in [9.17, 15) is 14.7 Å². The Morgan fingerprint density at radius 2 is 1.85 bits per heavy atom. The van der Waals surface area contributed by atoms with E-state index in [1.807, 2.05) is 37.3 Å². The zero-order valence-electron chi connectivity index (χ0n) is 22.3. The molecule has 2 N–H and O–H groups in total. The summed E-state index contributed by atoms with van der Waals surface area (Å²) in [5.41, 5.74) is 3.36. The van der Waals surface area contributed by atoms with Crippen LogP contribution in [0, 0.1) is 6.92 Å². The van der Waals surface area contributed by atoms with Crippen LogP contribution in [0.2, 0.25) is 5.02 Å². The van der Waals surface area contributed by atoms with Crippen LogP contribution in [0.15, 0.2) is 72.8 Å². The number of phenolic OH excluding ortho intramolecular Hbond substituents is 1. The summed E-state index contributed by atoms with van der Waals surface area (Å²) in [6, 6.07) is 20.5. The largest absolute Gasteiger partial charge is 0.504 e.